The molecule has 0 atom stereocenters. The van der Waals surface area contributed by atoms with Gasteiger partial charge in [0.05, 0.1) is 12.0 Å². The minimum absolute atomic E-state index is 0.0790. The third-order valence-electron chi connectivity index (χ3n) is 2.82. The number of rotatable bonds is 3. The van der Waals surface area contributed by atoms with Crippen molar-refractivity contribution >= 4 is 5.97 Å². The number of ether oxygens (including phenoxy) is 1. The SMILES string of the molecule is C=CC1(C(=O)OCC)CCCCC1. The largest absolute Gasteiger partial charge is 0.465 e. The number of carbonyl (C=O) groups excluding carboxylic acids is 1. The molecular weight excluding hydrogens is 164 g/mol. The number of esters is 1. The average Bonchev–Trinajstić information content (AvgIpc) is 2.19. The van der Waals surface area contributed by atoms with Crippen LogP contribution in [-0.4, -0.2) is 12.6 Å². The van der Waals surface area contributed by atoms with Crippen molar-refractivity contribution in [1.82, 2.24) is 0 Å². The molecule has 0 bridgehead atoms. The normalized spacial score (nSPS) is 20.7. The van der Waals surface area contributed by atoms with Gasteiger partial charge in [-0.05, 0) is 19.8 Å². The van der Waals surface area contributed by atoms with E-state index in [0.717, 1.165) is 25.7 Å². The Labute approximate surface area is 80.0 Å². The lowest BCUT2D eigenvalue weighted by atomic mass is 9.74. The molecule has 0 saturated heterocycles. The van der Waals surface area contributed by atoms with Gasteiger partial charge in [0.25, 0.3) is 0 Å². The molecule has 0 spiro atoms. The summed E-state index contributed by atoms with van der Waals surface area (Å²) in [7, 11) is 0. The standard InChI is InChI=1S/C11H18O2/c1-3-11(10(12)13-4-2)8-6-5-7-9-11/h3H,1,4-9H2,2H3. The zero-order valence-corrected chi connectivity index (χ0v) is 8.34. The molecule has 0 radical (unpaired) electrons. The minimum Gasteiger partial charge on any atom is -0.465 e. The van der Waals surface area contributed by atoms with E-state index < -0.39 is 0 Å². The maximum atomic E-state index is 11.7. The van der Waals surface area contributed by atoms with Crippen LogP contribution in [0.2, 0.25) is 0 Å². The van der Waals surface area contributed by atoms with Crippen LogP contribution < -0.4 is 0 Å². The van der Waals surface area contributed by atoms with E-state index in [1.807, 2.05) is 6.92 Å². The first-order valence-electron chi connectivity index (χ1n) is 5.06. The fourth-order valence-electron chi connectivity index (χ4n) is 1.95. The first-order chi connectivity index (χ1) is 6.25. The lowest BCUT2D eigenvalue weighted by Crippen LogP contribution is -2.33. The van der Waals surface area contributed by atoms with Gasteiger partial charge in [0.2, 0.25) is 0 Å². The summed E-state index contributed by atoms with van der Waals surface area (Å²) >= 11 is 0. The highest BCUT2D eigenvalue weighted by Gasteiger charge is 2.37. The van der Waals surface area contributed by atoms with Crippen molar-refractivity contribution in [2.24, 2.45) is 5.41 Å². The van der Waals surface area contributed by atoms with E-state index in [4.69, 9.17) is 4.74 Å². The molecule has 0 aromatic heterocycles. The zero-order chi connectivity index (χ0) is 9.73. The molecule has 0 unspecified atom stereocenters. The molecule has 2 nitrogen and oxygen atoms in total. The topological polar surface area (TPSA) is 26.3 Å². The first kappa shape index (κ1) is 10.3. The maximum Gasteiger partial charge on any atom is 0.315 e. The van der Waals surface area contributed by atoms with Gasteiger partial charge < -0.3 is 4.74 Å². The van der Waals surface area contributed by atoms with Gasteiger partial charge in [-0.1, -0.05) is 25.3 Å². The third-order valence-corrected chi connectivity index (χ3v) is 2.82. The van der Waals surface area contributed by atoms with Crippen LogP contribution in [0.5, 0.6) is 0 Å². The Hall–Kier alpha value is -0.790. The molecule has 0 aromatic carbocycles. The molecule has 0 heterocycles. The van der Waals surface area contributed by atoms with Crippen LogP contribution in [0.3, 0.4) is 0 Å². The molecular formula is C11H18O2. The second-order valence-electron chi connectivity index (χ2n) is 3.64. The summed E-state index contributed by atoms with van der Waals surface area (Å²) in [4.78, 5) is 11.7. The van der Waals surface area contributed by atoms with E-state index in [-0.39, 0.29) is 11.4 Å². The van der Waals surface area contributed by atoms with Crippen LogP contribution in [0.15, 0.2) is 12.7 Å². The molecule has 0 aliphatic heterocycles. The van der Waals surface area contributed by atoms with Crippen molar-refractivity contribution in [3.63, 3.8) is 0 Å². The molecule has 0 N–H and O–H groups in total. The fraction of sp³-hybridized carbons (Fsp3) is 0.727. The molecule has 0 aromatic rings. The molecule has 0 amide bonds. The maximum absolute atomic E-state index is 11.7. The van der Waals surface area contributed by atoms with Crippen LogP contribution in [0.4, 0.5) is 0 Å². The summed E-state index contributed by atoms with van der Waals surface area (Å²) < 4.78 is 5.07. The minimum atomic E-state index is -0.367. The molecule has 1 rings (SSSR count). The van der Waals surface area contributed by atoms with Gasteiger partial charge in [-0.3, -0.25) is 4.79 Å². The van der Waals surface area contributed by atoms with Crippen molar-refractivity contribution in [3.05, 3.63) is 12.7 Å². The molecule has 1 fully saturated rings. The van der Waals surface area contributed by atoms with E-state index in [1.165, 1.54) is 6.42 Å². The third kappa shape index (κ3) is 2.11. The van der Waals surface area contributed by atoms with Crippen molar-refractivity contribution in [1.29, 1.82) is 0 Å². The summed E-state index contributed by atoms with van der Waals surface area (Å²) in [5, 5.41) is 0. The van der Waals surface area contributed by atoms with Gasteiger partial charge in [-0.25, -0.2) is 0 Å². The summed E-state index contributed by atoms with van der Waals surface area (Å²) in [5.74, 6) is -0.0790. The van der Waals surface area contributed by atoms with E-state index in [2.05, 4.69) is 6.58 Å². The van der Waals surface area contributed by atoms with Crippen molar-refractivity contribution in [3.8, 4) is 0 Å². The smallest absolute Gasteiger partial charge is 0.315 e. The Morgan fingerprint density at radius 2 is 2.08 bits per heavy atom. The number of hydrogen-bond donors (Lipinski definition) is 0. The van der Waals surface area contributed by atoms with Gasteiger partial charge in [-0.2, -0.15) is 0 Å². The lowest BCUT2D eigenvalue weighted by Gasteiger charge is -2.31. The Balaban J connectivity index is 2.66. The van der Waals surface area contributed by atoms with Crippen LogP contribution in [0, 0.1) is 5.41 Å². The highest BCUT2D eigenvalue weighted by Crippen LogP contribution is 2.38. The van der Waals surface area contributed by atoms with E-state index in [0.29, 0.717) is 6.61 Å². The van der Waals surface area contributed by atoms with Gasteiger partial charge in [-0.15, -0.1) is 6.58 Å². The molecule has 74 valence electrons. The second kappa shape index (κ2) is 4.45. The van der Waals surface area contributed by atoms with Crippen molar-refractivity contribution in [2.45, 2.75) is 39.0 Å². The van der Waals surface area contributed by atoms with Crippen molar-refractivity contribution < 1.29 is 9.53 Å². The zero-order valence-electron chi connectivity index (χ0n) is 8.34. The lowest BCUT2D eigenvalue weighted by molar-refractivity contribution is -0.154. The van der Waals surface area contributed by atoms with E-state index in [1.54, 1.807) is 6.08 Å². The van der Waals surface area contributed by atoms with Crippen LogP contribution in [-0.2, 0) is 9.53 Å². The molecule has 2 heteroatoms. The fourth-order valence-corrected chi connectivity index (χ4v) is 1.95. The van der Waals surface area contributed by atoms with E-state index >= 15 is 0 Å². The number of carbonyl (C=O) groups is 1. The summed E-state index contributed by atoms with van der Waals surface area (Å²) in [5.41, 5.74) is -0.367. The van der Waals surface area contributed by atoms with Crippen molar-refractivity contribution in [2.75, 3.05) is 6.61 Å². The Kier molecular flexibility index (Phi) is 3.52. The Bertz CT molecular complexity index is 190. The Morgan fingerprint density at radius 3 is 2.54 bits per heavy atom. The molecule has 1 aliphatic rings. The quantitative estimate of drug-likeness (QED) is 0.495. The van der Waals surface area contributed by atoms with Gasteiger partial charge in [0.15, 0.2) is 0 Å². The molecule has 13 heavy (non-hydrogen) atoms. The van der Waals surface area contributed by atoms with Gasteiger partial charge in [0.1, 0.15) is 0 Å². The predicted octanol–water partition coefficient (Wildman–Crippen LogP) is 2.69. The molecule has 1 aliphatic carbocycles. The molecule has 1 saturated carbocycles. The van der Waals surface area contributed by atoms with Crippen LogP contribution in [0.25, 0.3) is 0 Å². The van der Waals surface area contributed by atoms with Gasteiger partial charge >= 0.3 is 5.97 Å². The Morgan fingerprint density at radius 1 is 1.46 bits per heavy atom. The average molecular weight is 182 g/mol. The first-order valence-corrected chi connectivity index (χ1v) is 5.06. The summed E-state index contributed by atoms with van der Waals surface area (Å²) in [6.07, 6.45) is 7.07. The van der Waals surface area contributed by atoms with E-state index in [9.17, 15) is 4.79 Å². The predicted molar refractivity (Wildman–Crippen MR) is 52.3 cm³/mol. The summed E-state index contributed by atoms with van der Waals surface area (Å²) in [6.45, 7) is 6.07. The summed E-state index contributed by atoms with van der Waals surface area (Å²) in [6, 6.07) is 0. The highest BCUT2D eigenvalue weighted by molar-refractivity contribution is 5.79. The second-order valence-corrected chi connectivity index (χ2v) is 3.64. The van der Waals surface area contributed by atoms with Crippen LogP contribution >= 0.6 is 0 Å². The van der Waals surface area contributed by atoms with Gasteiger partial charge in [0, 0.05) is 0 Å². The van der Waals surface area contributed by atoms with Crippen LogP contribution in [0.1, 0.15) is 39.0 Å². The monoisotopic (exact) mass is 182 g/mol. The highest BCUT2D eigenvalue weighted by atomic mass is 16.5. The number of hydrogen-bond acceptors (Lipinski definition) is 2.